The lowest BCUT2D eigenvalue weighted by Crippen LogP contribution is -2.22. The Labute approximate surface area is 103 Å². The second-order valence-electron chi connectivity index (χ2n) is 3.37. The molecule has 2 rings (SSSR count). The highest BCUT2D eigenvalue weighted by molar-refractivity contribution is 7.07. The molecule has 0 bridgehead atoms. The first-order valence-electron chi connectivity index (χ1n) is 4.95. The van der Waals surface area contributed by atoms with Crippen LogP contribution in [0.15, 0.2) is 35.2 Å². The number of hydrogen-bond acceptors (Lipinski definition) is 4. The van der Waals surface area contributed by atoms with Gasteiger partial charge in [0.25, 0.3) is 5.91 Å². The Morgan fingerprint density at radius 1 is 1.53 bits per heavy atom. The van der Waals surface area contributed by atoms with Crippen LogP contribution >= 0.6 is 11.3 Å². The van der Waals surface area contributed by atoms with Crippen LogP contribution in [0.2, 0.25) is 0 Å². The van der Waals surface area contributed by atoms with Crippen molar-refractivity contribution in [2.24, 2.45) is 0 Å². The van der Waals surface area contributed by atoms with Gasteiger partial charge in [0.15, 0.2) is 0 Å². The third-order valence-corrected chi connectivity index (χ3v) is 2.76. The van der Waals surface area contributed by atoms with E-state index >= 15 is 0 Å². The highest BCUT2D eigenvalue weighted by Crippen LogP contribution is 2.05. The van der Waals surface area contributed by atoms with Crippen molar-refractivity contribution in [2.45, 2.75) is 6.54 Å². The van der Waals surface area contributed by atoms with E-state index in [-0.39, 0.29) is 5.91 Å². The van der Waals surface area contributed by atoms with Crippen molar-refractivity contribution in [3.63, 3.8) is 0 Å². The van der Waals surface area contributed by atoms with Gasteiger partial charge >= 0.3 is 0 Å². The minimum atomic E-state index is -0.200. The summed E-state index contributed by atoms with van der Waals surface area (Å²) in [4.78, 5) is 15.5. The van der Waals surface area contributed by atoms with Crippen molar-refractivity contribution in [3.05, 3.63) is 52.0 Å². The van der Waals surface area contributed by atoms with Crippen LogP contribution in [0.5, 0.6) is 0 Å². The zero-order chi connectivity index (χ0) is 12.1. The molecule has 0 atom stereocenters. The van der Waals surface area contributed by atoms with Crippen LogP contribution in [0.1, 0.15) is 21.6 Å². The van der Waals surface area contributed by atoms with Gasteiger partial charge in [0.1, 0.15) is 5.69 Å². The van der Waals surface area contributed by atoms with Crippen LogP contribution in [0.4, 0.5) is 0 Å². The topological polar surface area (TPSA) is 65.8 Å². The molecule has 1 N–H and O–H groups in total. The fraction of sp³-hybridized carbons (Fsp3) is 0.0833. The maximum Gasteiger partial charge on any atom is 0.271 e. The normalized spacial score (nSPS) is 9.59. The van der Waals surface area contributed by atoms with E-state index in [0.717, 1.165) is 5.56 Å². The molecule has 1 aromatic heterocycles. The van der Waals surface area contributed by atoms with Crippen LogP contribution in [-0.4, -0.2) is 10.9 Å². The van der Waals surface area contributed by atoms with Gasteiger partial charge in [0, 0.05) is 11.9 Å². The SMILES string of the molecule is N#Cc1cccc(CNC(=O)c2cscn2)c1. The first kappa shape index (κ1) is 11.3. The number of thiazole rings is 1. The van der Waals surface area contributed by atoms with Crippen LogP contribution in [0.25, 0.3) is 0 Å². The summed E-state index contributed by atoms with van der Waals surface area (Å²) in [5, 5.41) is 13.2. The first-order valence-corrected chi connectivity index (χ1v) is 5.89. The molecule has 0 unspecified atom stereocenters. The van der Waals surface area contributed by atoms with Gasteiger partial charge in [0.2, 0.25) is 0 Å². The molecule has 0 radical (unpaired) electrons. The number of hydrogen-bond donors (Lipinski definition) is 1. The Kier molecular flexibility index (Phi) is 3.48. The van der Waals surface area contributed by atoms with E-state index in [1.807, 2.05) is 6.07 Å². The molecule has 1 amide bonds. The lowest BCUT2D eigenvalue weighted by atomic mass is 10.1. The number of nitriles is 1. The standard InChI is InChI=1S/C12H9N3OS/c13-5-9-2-1-3-10(4-9)6-14-12(16)11-7-17-8-15-11/h1-4,7-8H,6H2,(H,14,16). The van der Waals surface area contributed by atoms with E-state index < -0.39 is 0 Å². The molecule has 4 nitrogen and oxygen atoms in total. The van der Waals surface area contributed by atoms with E-state index in [0.29, 0.717) is 17.8 Å². The Bertz CT molecular complexity index is 557. The fourth-order valence-corrected chi connectivity index (χ4v) is 1.88. The summed E-state index contributed by atoms with van der Waals surface area (Å²) in [5.41, 5.74) is 3.52. The van der Waals surface area contributed by atoms with Gasteiger partial charge in [-0.15, -0.1) is 11.3 Å². The average Bonchev–Trinajstić information content (AvgIpc) is 2.90. The van der Waals surface area contributed by atoms with Crippen LogP contribution < -0.4 is 5.32 Å². The summed E-state index contributed by atoms with van der Waals surface area (Å²) in [6, 6.07) is 9.20. The van der Waals surface area contributed by atoms with Crippen molar-refractivity contribution in [1.82, 2.24) is 10.3 Å². The van der Waals surface area contributed by atoms with Crippen molar-refractivity contribution >= 4 is 17.2 Å². The van der Waals surface area contributed by atoms with Gasteiger partial charge in [-0.25, -0.2) is 4.98 Å². The van der Waals surface area contributed by atoms with E-state index in [9.17, 15) is 4.79 Å². The molecule has 0 spiro atoms. The van der Waals surface area contributed by atoms with Gasteiger partial charge in [0.05, 0.1) is 17.1 Å². The van der Waals surface area contributed by atoms with Crippen molar-refractivity contribution < 1.29 is 4.79 Å². The van der Waals surface area contributed by atoms with Gasteiger partial charge in [-0.05, 0) is 17.7 Å². The number of carbonyl (C=O) groups is 1. The number of carbonyl (C=O) groups excluding carboxylic acids is 1. The molecule has 0 aliphatic carbocycles. The van der Waals surface area contributed by atoms with Gasteiger partial charge in [-0.1, -0.05) is 12.1 Å². The monoisotopic (exact) mass is 243 g/mol. The lowest BCUT2D eigenvalue weighted by Gasteiger charge is -2.03. The lowest BCUT2D eigenvalue weighted by molar-refractivity contribution is 0.0946. The van der Waals surface area contributed by atoms with E-state index in [2.05, 4.69) is 16.4 Å². The highest BCUT2D eigenvalue weighted by Gasteiger charge is 2.06. The van der Waals surface area contributed by atoms with Gasteiger partial charge in [-0.2, -0.15) is 5.26 Å². The summed E-state index contributed by atoms with van der Waals surface area (Å²) in [5.74, 6) is -0.200. The zero-order valence-corrected chi connectivity index (χ0v) is 9.70. The van der Waals surface area contributed by atoms with Gasteiger partial charge < -0.3 is 5.32 Å². The Morgan fingerprint density at radius 3 is 3.12 bits per heavy atom. The Balaban J connectivity index is 1.98. The van der Waals surface area contributed by atoms with Crippen LogP contribution in [0.3, 0.4) is 0 Å². The average molecular weight is 243 g/mol. The molecule has 0 aliphatic heterocycles. The van der Waals surface area contributed by atoms with Crippen molar-refractivity contribution in [2.75, 3.05) is 0 Å². The molecule has 0 saturated heterocycles. The third-order valence-electron chi connectivity index (χ3n) is 2.17. The molecule has 1 aromatic carbocycles. The summed E-state index contributed by atoms with van der Waals surface area (Å²) in [7, 11) is 0. The molecule has 0 saturated carbocycles. The first-order chi connectivity index (χ1) is 8.29. The molecule has 5 heteroatoms. The highest BCUT2D eigenvalue weighted by atomic mass is 32.1. The number of rotatable bonds is 3. The number of benzene rings is 1. The second-order valence-corrected chi connectivity index (χ2v) is 4.09. The summed E-state index contributed by atoms with van der Waals surface area (Å²) in [6.07, 6.45) is 0. The van der Waals surface area contributed by atoms with Crippen molar-refractivity contribution in [1.29, 1.82) is 5.26 Å². The molecular weight excluding hydrogens is 234 g/mol. The Hall–Kier alpha value is -2.19. The zero-order valence-electron chi connectivity index (χ0n) is 8.88. The largest absolute Gasteiger partial charge is 0.347 e. The Morgan fingerprint density at radius 2 is 2.41 bits per heavy atom. The van der Waals surface area contributed by atoms with Crippen LogP contribution in [-0.2, 0) is 6.54 Å². The molecule has 0 aliphatic rings. The number of amides is 1. The maximum atomic E-state index is 11.6. The van der Waals surface area contributed by atoms with Gasteiger partial charge in [-0.3, -0.25) is 4.79 Å². The summed E-state index contributed by atoms with van der Waals surface area (Å²) in [6.45, 7) is 0.395. The van der Waals surface area contributed by atoms with E-state index in [1.54, 1.807) is 29.1 Å². The molecule has 17 heavy (non-hydrogen) atoms. The number of nitrogens with zero attached hydrogens (tertiary/aromatic N) is 2. The van der Waals surface area contributed by atoms with Crippen molar-refractivity contribution in [3.8, 4) is 6.07 Å². The molecule has 0 fully saturated rings. The quantitative estimate of drug-likeness (QED) is 0.896. The molecular formula is C12H9N3OS. The number of nitrogens with one attached hydrogen (secondary N) is 1. The summed E-state index contributed by atoms with van der Waals surface area (Å²) < 4.78 is 0. The van der Waals surface area contributed by atoms with E-state index in [1.165, 1.54) is 11.3 Å². The second kappa shape index (κ2) is 5.23. The smallest absolute Gasteiger partial charge is 0.271 e. The summed E-state index contributed by atoms with van der Waals surface area (Å²) >= 11 is 1.38. The fourth-order valence-electron chi connectivity index (χ4n) is 1.35. The molecule has 84 valence electrons. The van der Waals surface area contributed by atoms with Crippen LogP contribution in [0, 0.1) is 11.3 Å². The van der Waals surface area contributed by atoms with E-state index in [4.69, 9.17) is 5.26 Å². The molecule has 1 heterocycles. The number of aromatic nitrogens is 1. The minimum absolute atomic E-state index is 0.200. The minimum Gasteiger partial charge on any atom is -0.347 e. The maximum absolute atomic E-state index is 11.6. The molecule has 2 aromatic rings. The predicted molar refractivity (Wildman–Crippen MR) is 64.4 cm³/mol. The predicted octanol–water partition coefficient (Wildman–Crippen LogP) is 1.94. The third kappa shape index (κ3) is 2.89.